The number of hydrogen-bond acceptors (Lipinski definition) is 9. The highest BCUT2D eigenvalue weighted by Gasteiger charge is 2.35. The molecule has 4 aromatic rings. The molecule has 10 nitrogen and oxygen atoms in total. The molecule has 1 aliphatic rings. The summed E-state index contributed by atoms with van der Waals surface area (Å²) in [7, 11) is -3.77. The van der Waals surface area contributed by atoms with Gasteiger partial charge in [-0.3, -0.25) is 4.98 Å². The molecule has 1 aromatic carbocycles. The SMILES string of the molecule is Cc1ccc(N[C@@H]2CCN(S(=O)(=O)c3ccc(-c4cc(-c5nnc(C)o5)ncc4C)cc3)C[C@@H]2O)nc1. The predicted molar refractivity (Wildman–Crippen MR) is 138 cm³/mol. The van der Waals surface area contributed by atoms with Crippen molar-refractivity contribution in [3.05, 3.63) is 71.9 Å². The second kappa shape index (κ2) is 10.0. The molecule has 0 bridgehead atoms. The minimum Gasteiger partial charge on any atom is -0.420 e. The number of sulfonamides is 1. The second-order valence-corrected chi connectivity index (χ2v) is 11.2. The summed E-state index contributed by atoms with van der Waals surface area (Å²) in [6.45, 7) is 5.89. The number of rotatable bonds is 6. The van der Waals surface area contributed by atoms with Gasteiger partial charge in [-0.15, -0.1) is 10.2 Å². The number of β-amino-alcohol motifs (C(OH)–C–C–N with tert-alkyl or cyclic N) is 1. The van der Waals surface area contributed by atoms with Gasteiger partial charge in [-0.25, -0.2) is 13.4 Å². The third-order valence-corrected chi connectivity index (χ3v) is 8.32. The number of aryl methyl sites for hydroxylation is 3. The largest absolute Gasteiger partial charge is 0.420 e. The number of nitrogens with one attached hydrogen (secondary N) is 1. The van der Waals surface area contributed by atoms with Gasteiger partial charge in [0.15, 0.2) is 0 Å². The lowest BCUT2D eigenvalue weighted by Gasteiger charge is -2.35. The Morgan fingerprint density at radius 2 is 1.81 bits per heavy atom. The van der Waals surface area contributed by atoms with E-state index >= 15 is 0 Å². The number of piperidine rings is 1. The molecular formula is C26H28N6O4S. The Labute approximate surface area is 215 Å². The monoisotopic (exact) mass is 520 g/mol. The van der Waals surface area contributed by atoms with Crippen LogP contribution in [0, 0.1) is 20.8 Å². The topological polar surface area (TPSA) is 134 Å². The first-order valence-electron chi connectivity index (χ1n) is 12.0. The fourth-order valence-electron chi connectivity index (χ4n) is 4.34. The summed E-state index contributed by atoms with van der Waals surface area (Å²) in [5, 5.41) is 21.8. The van der Waals surface area contributed by atoms with Gasteiger partial charge in [0.2, 0.25) is 15.9 Å². The molecule has 0 amide bonds. The van der Waals surface area contributed by atoms with E-state index < -0.39 is 16.1 Å². The van der Waals surface area contributed by atoms with Crippen LogP contribution >= 0.6 is 0 Å². The molecular weight excluding hydrogens is 492 g/mol. The molecule has 0 unspecified atom stereocenters. The fraction of sp³-hybridized carbons (Fsp3) is 0.308. The van der Waals surface area contributed by atoms with Gasteiger partial charge in [-0.05, 0) is 66.8 Å². The van der Waals surface area contributed by atoms with Crippen LogP contribution in [0.2, 0.25) is 0 Å². The summed E-state index contributed by atoms with van der Waals surface area (Å²) < 4.78 is 33.5. The molecule has 192 valence electrons. The number of nitrogens with zero attached hydrogens (tertiary/aromatic N) is 5. The highest BCUT2D eigenvalue weighted by atomic mass is 32.2. The van der Waals surface area contributed by atoms with Gasteiger partial charge in [0.25, 0.3) is 5.89 Å². The Bertz CT molecular complexity index is 1500. The molecule has 5 rings (SSSR count). The van der Waals surface area contributed by atoms with E-state index in [1.807, 2.05) is 32.0 Å². The summed E-state index contributed by atoms with van der Waals surface area (Å²) in [6.07, 6.45) is 3.07. The molecule has 2 N–H and O–H groups in total. The summed E-state index contributed by atoms with van der Waals surface area (Å²) in [6, 6.07) is 12.1. The molecule has 1 aliphatic heterocycles. The normalized spacial score (nSPS) is 18.6. The second-order valence-electron chi connectivity index (χ2n) is 9.23. The Morgan fingerprint density at radius 1 is 1.03 bits per heavy atom. The quantitative estimate of drug-likeness (QED) is 0.392. The van der Waals surface area contributed by atoms with Crippen molar-refractivity contribution in [1.29, 1.82) is 0 Å². The first-order valence-corrected chi connectivity index (χ1v) is 13.4. The van der Waals surface area contributed by atoms with Gasteiger partial charge in [0.05, 0.1) is 17.0 Å². The maximum atomic E-state index is 13.3. The van der Waals surface area contributed by atoms with E-state index in [0.717, 1.165) is 22.3 Å². The van der Waals surface area contributed by atoms with Gasteiger partial charge >= 0.3 is 0 Å². The van der Waals surface area contributed by atoms with Crippen molar-refractivity contribution in [2.45, 2.75) is 44.2 Å². The number of anilines is 1. The standard InChI is InChI=1S/C26H28N6O4S/c1-16-4-9-25(28-13-16)29-22-10-11-32(15-24(22)33)37(34,35)20-7-5-19(6-8-20)21-12-23(27-14-17(21)2)26-31-30-18(3)36-26/h4-9,12-14,22,24,33H,10-11,15H2,1-3H3,(H,28,29)/t22-,24+/m1/s1. The van der Waals surface area contributed by atoms with Crippen molar-refractivity contribution in [2.24, 2.45) is 0 Å². The van der Waals surface area contributed by atoms with E-state index in [0.29, 0.717) is 36.3 Å². The van der Waals surface area contributed by atoms with Crippen molar-refractivity contribution >= 4 is 15.8 Å². The lowest BCUT2D eigenvalue weighted by atomic mass is 10.0. The molecule has 37 heavy (non-hydrogen) atoms. The molecule has 0 spiro atoms. The molecule has 4 heterocycles. The number of pyridine rings is 2. The average molecular weight is 521 g/mol. The zero-order valence-electron chi connectivity index (χ0n) is 20.8. The predicted octanol–water partition coefficient (Wildman–Crippen LogP) is 3.35. The lowest BCUT2D eigenvalue weighted by Crippen LogP contribution is -2.51. The van der Waals surface area contributed by atoms with Crippen molar-refractivity contribution in [2.75, 3.05) is 18.4 Å². The third kappa shape index (κ3) is 5.24. The van der Waals surface area contributed by atoms with Crippen molar-refractivity contribution in [3.63, 3.8) is 0 Å². The smallest absolute Gasteiger partial charge is 0.266 e. The van der Waals surface area contributed by atoms with Crippen LogP contribution in [0.1, 0.15) is 23.4 Å². The maximum Gasteiger partial charge on any atom is 0.266 e. The number of aromatic nitrogens is 4. The number of aliphatic hydroxyl groups excluding tert-OH is 1. The summed E-state index contributed by atoms with van der Waals surface area (Å²) in [4.78, 5) is 8.87. The van der Waals surface area contributed by atoms with E-state index in [9.17, 15) is 13.5 Å². The summed E-state index contributed by atoms with van der Waals surface area (Å²) in [5.41, 5.74) is 4.24. The van der Waals surface area contributed by atoms with Crippen LogP contribution < -0.4 is 5.32 Å². The van der Waals surface area contributed by atoms with Gasteiger partial charge in [-0.2, -0.15) is 4.31 Å². The Balaban J connectivity index is 1.31. The van der Waals surface area contributed by atoms with Crippen molar-refractivity contribution in [3.8, 4) is 22.7 Å². The van der Waals surface area contributed by atoms with E-state index in [-0.39, 0.29) is 17.5 Å². The van der Waals surface area contributed by atoms with Crippen LogP contribution in [-0.2, 0) is 10.0 Å². The van der Waals surface area contributed by atoms with Gasteiger partial charge in [0.1, 0.15) is 11.5 Å². The first-order chi connectivity index (χ1) is 17.7. The van der Waals surface area contributed by atoms with Crippen LogP contribution in [-0.4, -0.2) is 63.2 Å². The van der Waals surface area contributed by atoms with Crippen LogP contribution in [0.3, 0.4) is 0 Å². The molecule has 3 aromatic heterocycles. The van der Waals surface area contributed by atoms with Crippen LogP contribution in [0.4, 0.5) is 5.82 Å². The number of aliphatic hydroxyl groups is 1. The highest BCUT2D eigenvalue weighted by molar-refractivity contribution is 7.89. The van der Waals surface area contributed by atoms with Crippen molar-refractivity contribution < 1.29 is 17.9 Å². The molecule has 0 radical (unpaired) electrons. The van der Waals surface area contributed by atoms with E-state index in [1.54, 1.807) is 43.6 Å². The fourth-order valence-corrected chi connectivity index (χ4v) is 5.81. The summed E-state index contributed by atoms with van der Waals surface area (Å²) in [5.74, 6) is 1.43. The van der Waals surface area contributed by atoms with E-state index in [2.05, 4.69) is 25.5 Å². The minimum atomic E-state index is -3.77. The summed E-state index contributed by atoms with van der Waals surface area (Å²) >= 11 is 0. The lowest BCUT2D eigenvalue weighted by molar-refractivity contribution is 0.0949. The molecule has 1 saturated heterocycles. The van der Waals surface area contributed by atoms with Crippen molar-refractivity contribution in [1.82, 2.24) is 24.5 Å². The van der Waals surface area contributed by atoms with Gasteiger partial charge in [0, 0.05) is 32.4 Å². The Kier molecular flexibility index (Phi) is 6.76. The maximum absolute atomic E-state index is 13.3. The van der Waals surface area contributed by atoms with E-state index in [1.165, 1.54) is 4.31 Å². The van der Waals surface area contributed by atoms with Crippen LogP contribution in [0.25, 0.3) is 22.7 Å². The third-order valence-electron chi connectivity index (χ3n) is 6.44. The minimum absolute atomic E-state index is 0.00400. The number of benzene rings is 1. The highest BCUT2D eigenvalue weighted by Crippen LogP contribution is 2.29. The Hall–Kier alpha value is -3.67. The molecule has 0 aliphatic carbocycles. The molecule has 2 atom stereocenters. The average Bonchev–Trinajstić information content (AvgIpc) is 3.33. The molecule has 11 heteroatoms. The van der Waals surface area contributed by atoms with Crippen LogP contribution in [0.15, 0.2) is 64.2 Å². The molecule has 1 fully saturated rings. The zero-order chi connectivity index (χ0) is 26.2. The van der Waals surface area contributed by atoms with Gasteiger partial charge in [-0.1, -0.05) is 18.2 Å². The van der Waals surface area contributed by atoms with E-state index in [4.69, 9.17) is 4.42 Å². The number of hydrogen-bond donors (Lipinski definition) is 2. The molecule has 0 saturated carbocycles. The Morgan fingerprint density at radius 3 is 2.46 bits per heavy atom. The van der Waals surface area contributed by atoms with Gasteiger partial charge < -0.3 is 14.8 Å². The van der Waals surface area contributed by atoms with Crippen LogP contribution in [0.5, 0.6) is 0 Å². The first kappa shape index (κ1) is 25.0. The zero-order valence-corrected chi connectivity index (χ0v) is 21.6.